The Bertz CT molecular complexity index is 1640. The molecule has 0 bridgehead atoms. The minimum absolute atomic E-state index is 0.0225. The lowest BCUT2D eigenvalue weighted by Crippen LogP contribution is -2.30. The first-order valence-electron chi connectivity index (χ1n) is 13.1. The lowest BCUT2D eigenvalue weighted by molar-refractivity contribution is 0.0246. The van der Waals surface area contributed by atoms with Gasteiger partial charge in [0.2, 0.25) is 0 Å². The summed E-state index contributed by atoms with van der Waals surface area (Å²) in [5.41, 5.74) is 0.293. The van der Waals surface area contributed by atoms with Gasteiger partial charge in [0, 0.05) is 33.4 Å². The Kier molecular flexibility index (Phi) is 5.33. The first-order valence-corrected chi connectivity index (χ1v) is 13.1. The maximum atomic E-state index is 13.7. The molecule has 7 rings (SSSR count). The van der Waals surface area contributed by atoms with Gasteiger partial charge in [0.25, 0.3) is 0 Å². The number of carbonyl (C=O) groups excluding carboxylic acids is 2. The van der Waals surface area contributed by atoms with Gasteiger partial charge in [-0.3, -0.25) is 0 Å². The summed E-state index contributed by atoms with van der Waals surface area (Å²) in [7, 11) is 0. The van der Waals surface area contributed by atoms with E-state index in [1.165, 1.54) is 48.5 Å². The van der Waals surface area contributed by atoms with Crippen LogP contribution < -0.4 is 0 Å². The highest BCUT2D eigenvalue weighted by molar-refractivity contribution is 6.02. The van der Waals surface area contributed by atoms with Gasteiger partial charge in [0.05, 0.1) is 11.1 Å². The van der Waals surface area contributed by atoms with Crippen molar-refractivity contribution in [1.29, 1.82) is 0 Å². The number of rotatable bonds is 4. The topological polar surface area (TPSA) is 134 Å². The van der Waals surface area contributed by atoms with Crippen LogP contribution in [0.5, 0.6) is 23.0 Å². The third-order valence-electron chi connectivity index (χ3n) is 7.94. The molecule has 5 aromatic rings. The van der Waals surface area contributed by atoms with Crippen molar-refractivity contribution in [3.8, 4) is 23.0 Å². The number of hydrogen-bond donors (Lipinski definition) is 4. The van der Waals surface area contributed by atoms with Crippen molar-refractivity contribution in [2.75, 3.05) is 0 Å². The van der Waals surface area contributed by atoms with Crippen LogP contribution in [0, 0.1) is 0 Å². The van der Waals surface area contributed by atoms with Gasteiger partial charge in [-0.25, -0.2) is 9.59 Å². The Morgan fingerprint density at radius 3 is 0.881 bits per heavy atom. The molecule has 0 saturated carbocycles. The SMILES string of the molecule is O=C1OC(c2ccc(O)cc2)(c2ccc(O)cc2)c2cc3c(cc21)C(c1ccc(O)cc1)(c1ccc(O)cc1)OC3=O. The monoisotopic (exact) mass is 558 g/mol. The van der Waals surface area contributed by atoms with Crippen LogP contribution in [-0.4, -0.2) is 32.4 Å². The summed E-state index contributed by atoms with van der Waals surface area (Å²) in [6.07, 6.45) is 0. The molecule has 5 aromatic carbocycles. The molecular weight excluding hydrogens is 536 g/mol. The summed E-state index contributed by atoms with van der Waals surface area (Å²) in [5, 5.41) is 39.9. The third kappa shape index (κ3) is 3.48. The fourth-order valence-corrected chi connectivity index (χ4v) is 5.99. The Morgan fingerprint density at radius 1 is 0.405 bits per heavy atom. The Hall–Kier alpha value is -5.76. The van der Waals surface area contributed by atoms with E-state index >= 15 is 0 Å². The molecule has 8 nitrogen and oxygen atoms in total. The first-order chi connectivity index (χ1) is 20.2. The molecule has 0 atom stereocenters. The molecule has 42 heavy (non-hydrogen) atoms. The number of carbonyl (C=O) groups is 2. The number of aromatic hydroxyl groups is 4. The second kappa shape index (κ2) is 8.87. The third-order valence-corrected chi connectivity index (χ3v) is 7.94. The van der Waals surface area contributed by atoms with Crippen LogP contribution in [-0.2, 0) is 20.7 Å². The zero-order valence-corrected chi connectivity index (χ0v) is 21.8. The van der Waals surface area contributed by atoms with Crippen LogP contribution in [0.1, 0.15) is 54.1 Å². The first kappa shape index (κ1) is 25.2. The quantitative estimate of drug-likeness (QED) is 0.215. The number of benzene rings is 5. The summed E-state index contributed by atoms with van der Waals surface area (Å²) in [4.78, 5) is 27.4. The molecular formula is C34H22O8. The zero-order chi connectivity index (χ0) is 29.2. The van der Waals surface area contributed by atoms with Crippen molar-refractivity contribution in [3.05, 3.63) is 154 Å². The van der Waals surface area contributed by atoms with E-state index in [0.29, 0.717) is 33.4 Å². The molecule has 2 heterocycles. The second-order valence-corrected chi connectivity index (χ2v) is 10.3. The Morgan fingerprint density at radius 2 is 0.643 bits per heavy atom. The molecule has 4 N–H and O–H groups in total. The molecule has 0 amide bonds. The largest absolute Gasteiger partial charge is 0.508 e. The van der Waals surface area contributed by atoms with Gasteiger partial charge in [0.15, 0.2) is 11.2 Å². The van der Waals surface area contributed by atoms with Crippen molar-refractivity contribution in [1.82, 2.24) is 0 Å². The predicted octanol–water partition coefficient (Wildman–Crippen LogP) is 5.43. The standard InChI is InChI=1S/C34H22O8/c35-23-9-1-19(2-10-23)33(20-3-11-24(36)12-4-20)29-17-28-30(18-27(29)31(39)41-33)34(42-32(28)40,21-5-13-25(37)14-6-21)22-7-15-26(38)16-8-22/h1-18,35-38H. The molecule has 0 fully saturated rings. The highest BCUT2D eigenvalue weighted by Crippen LogP contribution is 2.53. The minimum atomic E-state index is -1.49. The number of esters is 2. The van der Waals surface area contributed by atoms with Gasteiger partial charge in [-0.15, -0.1) is 0 Å². The van der Waals surface area contributed by atoms with E-state index in [0.717, 1.165) is 0 Å². The highest BCUT2D eigenvalue weighted by atomic mass is 16.6. The highest BCUT2D eigenvalue weighted by Gasteiger charge is 2.54. The maximum absolute atomic E-state index is 13.7. The molecule has 2 aliphatic rings. The second-order valence-electron chi connectivity index (χ2n) is 10.3. The molecule has 2 aliphatic heterocycles. The summed E-state index contributed by atoms with van der Waals surface area (Å²) in [6, 6.07) is 28.1. The number of phenolic OH excluding ortho intramolecular Hbond substituents is 4. The van der Waals surface area contributed by atoms with Crippen molar-refractivity contribution in [2.24, 2.45) is 0 Å². The van der Waals surface area contributed by atoms with Crippen molar-refractivity contribution < 1.29 is 39.5 Å². The lowest BCUT2D eigenvalue weighted by Gasteiger charge is -2.31. The van der Waals surface area contributed by atoms with E-state index in [4.69, 9.17) is 9.47 Å². The Balaban J connectivity index is 1.52. The van der Waals surface area contributed by atoms with Crippen molar-refractivity contribution in [3.63, 3.8) is 0 Å². The van der Waals surface area contributed by atoms with Gasteiger partial charge in [0.1, 0.15) is 23.0 Å². The molecule has 0 saturated heterocycles. The van der Waals surface area contributed by atoms with Crippen molar-refractivity contribution in [2.45, 2.75) is 11.2 Å². The number of cyclic esters (lactones) is 2. The van der Waals surface area contributed by atoms with Crippen LogP contribution in [0.3, 0.4) is 0 Å². The van der Waals surface area contributed by atoms with Crippen LogP contribution in [0.15, 0.2) is 109 Å². The smallest absolute Gasteiger partial charge is 0.340 e. The van der Waals surface area contributed by atoms with Crippen LogP contribution in [0.25, 0.3) is 0 Å². The Labute approximate surface area is 239 Å². The van der Waals surface area contributed by atoms with Crippen LogP contribution in [0.2, 0.25) is 0 Å². The van der Waals surface area contributed by atoms with Crippen LogP contribution in [0.4, 0.5) is 0 Å². The molecule has 0 unspecified atom stereocenters. The maximum Gasteiger partial charge on any atom is 0.340 e. The summed E-state index contributed by atoms with van der Waals surface area (Å²) < 4.78 is 12.4. The number of phenols is 4. The predicted molar refractivity (Wildman–Crippen MR) is 149 cm³/mol. The summed E-state index contributed by atoms with van der Waals surface area (Å²) >= 11 is 0. The fraction of sp³-hybridized carbons (Fsp3) is 0.0588. The molecule has 0 aromatic heterocycles. The molecule has 206 valence electrons. The van der Waals surface area contributed by atoms with E-state index in [1.807, 2.05) is 0 Å². The summed E-state index contributed by atoms with van der Waals surface area (Å²) in [5.74, 6) is -1.19. The van der Waals surface area contributed by atoms with Crippen molar-refractivity contribution >= 4 is 11.9 Å². The minimum Gasteiger partial charge on any atom is -0.508 e. The molecule has 0 radical (unpaired) electrons. The van der Waals surface area contributed by atoms with E-state index in [-0.39, 0.29) is 34.1 Å². The summed E-state index contributed by atoms with van der Waals surface area (Å²) in [6.45, 7) is 0. The molecule has 0 aliphatic carbocycles. The van der Waals surface area contributed by atoms with E-state index in [2.05, 4.69) is 0 Å². The normalized spacial score (nSPS) is 15.9. The van der Waals surface area contributed by atoms with Gasteiger partial charge in [-0.2, -0.15) is 0 Å². The van der Waals surface area contributed by atoms with Gasteiger partial charge in [-0.05, 0) is 60.7 Å². The van der Waals surface area contributed by atoms with E-state index < -0.39 is 23.1 Å². The average molecular weight is 559 g/mol. The molecule has 8 heteroatoms. The number of hydrogen-bond acceptors (Lipinski definition) is 8. The van der Waals surface area contributed by atoms with Gasteiger partial charge >= 0.3 is 11.9 Å². The average Bonchev–Trinajstić information content (AvgIpc) is 3.45. The molecule has 0 spiro atoms. The van der Waals surface area contributed by atoms with Gasteiger partial charge < -0.3 is 29.9 Å². The zero-order valence-electron chi connectivity index (χ0n) is 21.8. The van der Waals surface area contributed by atoms with Crippen LogP contribution >= 0.6 is 0 Å². The fourth-order valence-electron chi connectivity index (χ4n) is 5.99. The van der Waals surface area contributed by atoms with E-state index in [9.17, 15) is 30.0 Å². The van der Waals surface area contributed by atoms with E-state index in [1.54, 1.807) is 60.7 Å². The number of fused-ring (bicyclic) bond motifs is 2. The number of ether oxygens (including phenoxy) is 2. The van der Waals surface area contributed by atoms with Gasteiger partial charge in [-0.1, -0.05) is 48.5 Å². The lowest BCUT2D eigenvalue weighted by atomic mass is 9.75.